The lowest BCUT2D eigenvalue weighted by Gasteiger charge is -2.33. The van der Waals surface area contributed by atoms with Crippen LogP contribution in [0.2, 0.25) is 5.15 Å². The number of hydrogen-bond donors (Lipinski definition) is 2. The van der Waals surface area contributed by atoms with Gasteiger partial charge in [-0.1, -0.05) is 23.8 Å². The average molecular weight is 295 g/mol. The Kier molecular flexibility index (Phi) is 5.92. The highest BCUT2D eigenvalue weighted by Crippen LogP contribution is 2.21. The maximum atomic E-state index is 12.1. The van der Waals surface area contributed by atoms with Gasteiger partial charge >= 0.3 is 0 Å². The molecule has 0 saturated heterocycles. The number of amides is 1. The van der Waals surface area contributed by atoms with Crippen LogP contribution in [0.25, 0.3) is 0 Å². The van der Waals surface area contributed by atoms with Gasteiger partial charge in [-0.05, 0) is 31.9 Å². The van der Waals surface area contributed by atoms with Crippen LogP contribution in [-0.4, -0.2) is 27.6 Å². The van der Waals surface area contributed by atoms with E-state index in [1.807, 2.05) is 0 Å². The van der Waals surface area contributed by atoms with Gasteiger partial charge in [-0.25, -0.2) is 4.98 Å². The average Bonchev–Trinajstić information content (AvgIpc) is 2.39. The molecule has 0 fully saturated rings. The van der Waals surface area contributed by atoms with E-state index in [9.17, 15) is 9.90 Å². The van der Waals surface area contributed by atoms with Crippen LogP contribution < -0.4 is 5.32 Å². The zero-order valence-electron chi connectivity index (χ0n) is 11.5. The highest BCUT2D eigenvalue weighted by Gasteiger charge is 2.32. The molecule has 0 saturated carbocycles. The van der Waals surface area contributed by atoms with Gasteiger partial charge in [0.1, 0.15) is 5.15 Å². The standard InChI is InChI=1S/C15H19ClN2O2/c1-4-7-15(20,8-5-2)11(3)18-14(19)12-6-9-17-13(16)10-12/h4-6,9-11,20H,1-2,7-8H2,3H3,(H,18,19)/t11-/m1/s1. The minimum Gasteiger partial charge on any atom is -0.387 e. The number of hydrogen-bond acceptors (Lipinski definition) is 3. The number of carbonyl (C=O) groups excluding carboxylic acids is 1. The Bertz CT molecular complexity index is 492. The van der Waals surface area contributed by atoms with Crippen molar-refractivity contribution in [3.8, 4) is 0 Å². The second-order valence-corrected chi connectivity index (χ2v) is 5.04. The summed E-state index contributed by atoms with van der Waals surface area (Å²) in [5.41, 5.74) is -0.702. The summed E-state index contributed by atoms with van der Waals surface area (Å²) in [5, 5.41) is 13.5. The van der Waals surface area contributed by atoms with Crippen molar-refractivity contribution in [3.63, 3.8) is 0 Å². The van der Waals surface area contributed by atoms with E-state index in [2.05, 4.69) is 23.5 Å². The Morgan fingerprint density at radius 3 is 2.65 bits per heavy atom. The third kappa shape index (κ3) is 4.18. The molecule has 1 aromatic rings. The first-order chi connectivity index (χ1) is 9.42. The van der Waals surface area contributed by atoms with Crippen molar-refractivity contribution in [2.75, 3.05) is 0 Å². The minimum absolute atomic E-state index is 0.248. The Labute approximate surface area is 124 Å². The Hall–Kier alpha value is -1.65. The number of pyridine rings is 1. The minimum atomic E-state index is -1.10. The van der Waals surface area contributed by atoms with E-state index >= 15 is 0 Å². The molecule has 0 aromatic carbocycles. The van der Waals surface area contributed by atoms with E-state index in [1.165, 1.54) is 12.3 Å². The van der Waals surface area contributed by atoms with Crippen LogP contribution in [0.5, 0.6) is 0 Å². The summed E-state index contributed by atoms with van der Waals surface area (Å²) >= 11 is 5.75. The molecule has 0 aliphatic carbocycles. The fraction of sp³-hybridized carbons (Fsp3) is 0.333. The Balaban J connectivity index is 2.82. The number of rotatable bonds is 7. The van der Waals surface area contributed by atoms with E-state index < -0.39 is 11.6 Å². The molecule has 0 aliphatic rings. The van der Waals surface area contributed by atoms with Crippen LogP contribution in [0.1, 0.15) is 30.1 Å². The van der Waals surface area contributed by atoms with Gasteiger partial charge in [0, 0.05) is 11.8 Å². The normalized spacial score (nSPS) is 12.6. The van der Waals surface area contributed by atoms with Crippen molar-refractivity contribution < 1.29 is 9.90 Å². The third-order valence-electron chi connectivity index (χ3n) is 3.14. The topological polar surface area (TPSA) is 62.2 Å². The maximum Gasteiger partial charge on any atom is 0.251 e. The van der Waals surface area contributed by atoms with Gasteiger partial charge in [0.15, 0.2) is 0 Å². The van der Waals surface area contributed by atoms with Crippen LogP contribution in [0, 0.1) is 0 Å². The lowest BCUT2D eigenvalue weighted by Crippen LogP contribution is -2.50. The lowest BCUT2D eigenvalue weighted by atomic mass is 9.88. The first-order valence-corrected chi connectivity index (χ1v) is 6.67. The monoisotopic (exact) mass is 294 g/mol. The molecule has 5 heteroatoms. The number of nitrogens with one attached hydrogen (secondary N) is 1. The van der Waals surface area contributed by atoms with Gasteiger partial charge in [-0.3, -0.25) is 4.79 Å². The molecule has 0 spiro atoms. The molecule has 2 N–H and O–H groups in total. The highest BCUT2D eigenvalue weighted by atomic mass is 35.5. The number of nitrogens with zero attached hydrogens (tertiary/aromatic N) is 1. The van der Waals surface area contributed by atoms with Crippen LogP contribution in [0.3, 0.4) is 0 Å². The van der Waals surface area contributed by atoms with E-state index in [0.717, 1.165) is 0 Å². The fourth-order valence-electron chi connectivity index (χ4n) is 1.89. The van der Waals surface area contributed by atoms with Gasteiger partial charge in [0.05, 0.1) is 11.6 Å². The van der Waals surface area contributed by atoms with E-state index in [4.69, 9.17) is 11.6 Å². The van der Waals surface area contributed by atoms with Crippen molar-refractivity contribution in [2.45, 2.75) is 31.4 Å². The van der Waals surface area contributed by atoms with E-state index in [0.29, 0.717) is 18.4 Å². The molecule has 1 amide bonds. The van der Waals surface area contributed by atoms with Gasteiger partial charge in [-0.15, -0.1) is 13.2 Å². The maximum absolute atomic E-state index is 12.1. The summed E-state index contributed by atoms with van der Waals surface area (Å²) in [6.07, 6.45) is 5.42. The van der Waals surface area contributed by atoms with E-state index in [1.54, 1.807) is 25.1 Å². The van der Waals surface area contributed by atoms with Gasteiger partial charge in [-0.2, -0.15) is 0 Å². The highest BCUT2D eigenvalue weighted by molar-refractivity contribution is 6.29. The molecule has 4 nitrogen and oxygen atoms in total. The summed E-state index contributed by atoms with van der Waals surface area (Å²) in [6.45, 7) is 9.00. The second-order valence-electron chi connectivity index (χ2n) is 4.65. The Morgan fingerprint density at radius 1 is 1.55 bits per heavy atom. The molecule has 0 aliphatic heterocycles. The van der Waals surface area contributed by atoms with Crippen molar-refractivity contribution in [2.24, 2.45) is 0 Å². The molecule has 0 bridgehead atoms. The van der Waals surface area contributed by atoms with Gasteiger partial charge in [0.2, 0.25) is 0 Å². The third-order valence-corrected chi connectivity index (χ3v) is 3.34. The SMILES string of the molecule is C=CCC(O)(CC=C)[C@@H](C)NC(=O)c1ccnc(Cl)c1. The van der Waals surface area contributed by atoms with Gasteiger partial charge < -0.3 is 10.4 Å². The van der Waals surface area contributed by atoms with Crippen molar-refractivity contribution in [1.29, 1.82) is 0 Å². The quantitative estimate of drug-likeness (QED) is 0.600. The van der Waals surface area contributed by atoms with Gasteiger partial charge in [0.25, 0.3) is 5.91 Å². The molecular weight excluding hydrogens is 276 g/mol. The van der Waals surface area contributed by atoms with Crippen molar-refractivity contribution in [1.82, 2.24) is 10.3 Å². The number of carbonyl (C=O) groups is 1. The molecule has 1 rings (SSSR count). The predicted molar refractivity (Wildman–Crippen MR) is 80.8 cm³/mol. The molecule has 1 aromatic heterocycles. The summed E-state index contributed by atoms with van der Waals surface area (Å²) in [6, 6.07) is 2.58. The van der Waals surface area contributed by atoms with Crippen LogP contribution >= 0.6 is 11.6 Å². The molecule has 108 valence electrons. The number of aliphatic hydroxyl groups is 1. The fourth-order valence-corrected chi connectivity index (χ4v) is 2.07. The lowest BCUT2D eigenvalue weighted by molar-refractivity contribution is 0.0127. The summed E-state index contributed by atoms with van der Waals surface area (Å²) in [4.78, 5) is 15.9. The Morgan fingerprint density at radius 2 is 2.15 bits per heavy atom. The van der Waals surface area contributed by atoms with Crippen molar-refractivity contribution >= 4 is 17.5 Å². The summed E-state index contributed by atoms with van der Waals surface area (Å²) < 4.78 is 0. The molecular formula is C15H19ClN2O2. The molecule has 1 heterocycles. The predicted octanol–water partition coefficient (Wildman–Crippen LogP) is 2.74. The first kappa shape index (κ1) is 16.4. The van der Waals surface area contributed by atoms with Crippen LogP contribution in [0.15, 0.2) is 43.6 Å². The zero-order valence-corrected chi connectivity index (χ0v) is 12.2. The summed E-state index contributed by atoms with van der Waals surface area (Å²) in [5.74, 6) is -0.312. The molecule has 20 heavy (non-hydrogen) atoms. The molecule has 0 unspecified atom stereocenters. The molecule has 0 radical (unpaired) electrons. The smallest absolute Gasteiger partial charge is 0.251 e. The van der Waals surface area contributed by atoms with Crippen LogP contribution in [0.4, 0.5) is 0 Å². The number of halogens is 1. The second kappa shape index (κ2) is 7.22. The summed E-state index contributed by atoms with van der Waals surface area (Å²) in [7, 11) is 0. The first-order valence-electron chi connectivity index (χ1n) is 6.29. The number of aromatic nitrogens is 1. The van der Waals surface area contributed by atoms with E-state index in [-0.39, 0.29) is 11.1 Å². The largest absolute Gasteiger partial charge is 0.387 e. The van der Waals surface area contributed by atoms with Crippen molar-refractivity contribution in [3.05, 3.63) is 54.4 Å². The molecule has 1 atom stereocenters. The van der Waals surface area contributed by atoms with Crippen LogP contribution in [-0.2, 0) is 0 Å². The zero-order chi connectivity index (χ0) is 15.2.